The highest BCUT2D eigenvalue weighted by molar-refractivity contribution is 5.95. The number of nitrogens with zero attached hydrogens (tertiary/aromatic N) is 1. The molecule has 0 radical (unpaired) electrons. The quantitative estimate of drug-likeness (QED) is 0.852. The fraction of sp³-hybridized carbons (Fsp3) is 0.444. The van der Waals surface area contributed by atoms with E-state index in [1.165, 1.54) is 0 Å². The Morgan fingerprint density at radius 1 is 1.30 bits per heavy atom. The van der Waals surface area contributed by atoms with Crippen molar-refractivity contribution in [2.45, 2.75) is 32.2 Å². The zero-order chi connectivity index (χ0) is 16.6. The van der Waals surface area contributed by atoms with Crippen molar-refractivity contribution >= 4 is 17.6 Å². The van der Waals surface area contributed by atoms with Gasteiger partial charge in [-0.25, -0.2) is 0 Å². The van der Waals surface area contributed by atoms with Crippen molar-refractivity contribution in [1.82, 2.24) is 4.90 Å². The molecule has 0 spiro atoms. The van der Waals surface area contributed by atoms with Gasteiger partial charge in [-0.2, -0.15) is 0 Å². The zero-order valence-electron chi connectivity index (χ0n) is 13.4. The van der Waals surface area contributed by atoms with Crippen LogP contribution in [0.4, 0.5) is 5.69 Å². The maximum absolute atomic E-state index is 12.5. The predicted octanol–water partition coefficient (Wildman–Crippen LogP) is 1.37. The van der Waals surface area contributed by atoms with Crippen LogP contribution >= 0.6 is 0 Å². The summed E-state index contributed by atoms with van der Waals surface area (Å²) in [4.78, 5) is 25.7. The molecule has 122 valence electrons. The second-order valence-corrected chi connectivity index (χ2v) is 6.07. The van der Waals surface area contributed by atoms with Crippen molar-refractivity contribution < 1.29 is 14.7 Å². The number of rotatable bonds is 4. The Morgan fingerprint density at radius 3 is 2.70 bits per heavy atom. The minimum absolute atomic E-state index is 0.0124. The van der Waals surface area contributed by atoms with Crippen molar-refractivity contribution in [3.05, 3.63) is 41.5 Å². The molecular weight excluding hydrogens is 292 g/mol. The Labute approximate surface area is 136 Å². The van der Waals surface area contributed by atoms with Gasteiger partial charge < -0.3 is 20.1 Å². The highest BCUT2D eigenvalue weighted by atomic mass is 16.4. The van der Waals surface area contributed by atoms with Crippen LogP contribution in [0, 0.1) is 5.92 Å². The lowest BCUT2D eigenvalue weighted by molar-refractivity contribution is -0.308. The molecule has 0 saturated heterocycles. The molecule has 3 atom stereocenters. The van der Waals surface area contributed by atoms with Crippen LogP contribution in [0.3, 0.4) is 0 Å². The molecule has 1 N–H and O–H groups in total. The second-order valence-electron chi connectivity index (χ2n) is 6.07. The third kappa shape index (κ3) is 2.60. The molecule has 2 aliphatic rings. The molecule has 1 amide bonds. The number of benzene rings is 1. The Balaban J connectivity index is 1.97. The van der Waals surface area contributed by atoms with Gasteiger partial charge in [-0.15, -0.1) is 0 Å². The Morgan fingerprint density at radius 2 is 2.04 bits per heavy atom. The number of anilines is 1. The van der Waals surface area contributed by atoms with E-state index in [1.807, 2.05) is 38.1 Å². The summed E-state index contributed by atoms with van der Waals surface area (Å²) >= 11 is 0. The highest BCUT2D eigenvalue weighted by Gasteiger charge is 2.38. The SMILES string of the molecule is CCN(CC)C(=O)c1ccc2c(c1)[C@@H]1C=CC[C@H]1[C@H](C(=O)[O-])N2. The molecule has 1 aliphatic heterocycles. The summed E-state index contributed by atoms with van der Waals surface area (Å²) in [7, 11) is 0. The number of hydrogen-bond acceptors (Lipinski definition) is 4. The summed E-state index contributed by atoms with van der Waals surface area (Å²) in [6, 6.07) is 4.79. The lowest BCUT2D eigenvalue weighted by Crippen LogP contribution is -2.48. The van der Waals surface area contributed by atoms with Crippen LogP contribution in [-0.4, -0.2) is 35.9 Å². The normalized spacial score (nSPS) is 24.5. The Kier molecular flexibility index (Phi) is 4.11. The zero-order valence-corrected chi connectivity index (χ0v) is 13.4. The number of amides is 1. The van der Waals surface area contributed by atoms with E-state index >= 15 is 0 Å². The van der Waals surface area contributed by atoms with Crippen LogP contribution < -0.4 is 10.4 Å². The minimum atomic E-state index is -1.07. The van der Waals surface area contributed by atoms with E-state index in [1.54, 1.807) is 11.0 Å². The molecule has 1 heterocycles. The average molecular weight is 313 g/mol. The number of hydrogen-bond donors (Lipinski definition) is 1. The molecule has 1 aliphatic carbocycles. The monoisotopic (exact) mass is 313 g/mol. The van der Waals surface area contributed by atoms with E-state index in [2.05, 4.69) is 5.32 Å². The first-order valence-electron chi connectivity index (χ1n) is 8.14. The topological polar surface area (TPSA) is 72.5 Å². The van der Waals surface area contributed by atoms with Gasteiger partial charge in [0, 0.05) is 30.3 Å². The van der Waals surface area contributed by atoms with Crippen LogP contribution in [0.5, 0.6) is 0 Å². The summed E-state index contributed by atoms with van der Waals surface area (Å²) in [5, 5.41) is 14.5. The van der Waals surface area contributed by atoms with Crippen LogP contribution in [0.1, 0.15) is 42.1 Å². The Bertz CT molecular complexity index is 664. The van der Waals surface area contributed by atoms with Gasteiger partial charge in [-0.1, -0.05) is 12.2 Å². The van der Waals surface area contributed by atoms with Gasteiger partial charge in [-0.3, -0.25) is 4.79 Å². The first-order valence-corrected chi connectivity index (χ1v) is 8.14. The molecule has 1 aromatic rings. The second kappa shape index (κ2) is 6.07. The van der Waals surface area contributed by atoms with E-state index in [0.29, 0.717) is 25.1 Å². The molecule has 0 bridgehead atoms. The number of allylic oxidation sites excluding steroid dienone is 2. The first kappa shape index (κ1) is 15.6. The standard InChI is InChI=1S/C18H22N2O3/c1-3-20(4-2)17(21)11-8-9-15-14(10-11)12-6-5-7-13(12)16(19-15)18(22)23/h5-6,8-10,12-13,16,19H,3-4,7H2,1-2H3,(H,22,23)/p-1/t12-,13-,16-/m1/s1. The lowest BCUT2D eigenvalue weighted by atomic mass is 9.79. The predicted molar refractivity (Wildman–Crippen MR) is 86.1 cm³/mol. The number of carbonyl (C=O) groups excluding carboxylic acids is 2. The van der Waals surface area contributed by atoms with Crippen molar-refractivity contribution in [2.75, 3.05) is 18.4 Å². The van der Waals surface area contributed by atoms with Crippen molar-refractivity contribution in [2.24, 2.45) is 5.92 Å². The van der Waals surface area contributed by atoms with Gasteiger partial charge in [-0.05, 0) is 49.9 Å². The molecule has 5 nitrogen and oxygen atoms in total. The van der Waals surface area contributed by atoms with Crippen molar-refractivity contribution in [3.63, 3.8) is 0 Å². The molecule has 0 fully saturated rings. The largest absolute Gasteiger partial charge is 0.548 e. The number of carbonyl (C=O) groups is 2. The first-order chi connectivity index (χ1) is 11.1. The van der Waals surface area contributed by atoms with E-state index in [9.17, 15) is 14.7 Å². The summed E-state index contributed by atoms with van der Waals surface area (Å²) in [5.74, 6) is -1.08. The fourth-order valence-corrected chi connectivity index (χ4v) is 3.65. The van der Waals surface area contributed by atoms with Crippen molar-refractivity contribution in [3.8, 4) is 0 Å². The summed E-state index contributed by atoms with van der Waals surface area (Å²) in [6.45, 7) is 5.26. The van der Waals surface area contributed by atoms with Gasteiger partial charge in [0.05, 0.1) is 12.0 Å². The van der Waals surface area contributed by atoms with Crippen LogP contribution in [0.25, 0.3) is 0 Å². The smallest absolute Gasteiger partial charge is 0.253 e. The lowest BCUT2D eigenvalue weighted by Gasteiger charge is -2.37. The number of aliphatic carboxylic acids is 1. The molecule has 5 heteroatoms. The maximum Gasteiger partial charge on any atom is 0.253 e. The van der Waals surface area contributed by atoms with Gasteiger partial charge >= 0.3 is 0 Å². The minimum Gasteiger partial charge on any atom is -0.548 e. The van der Waals surface area contributed by atoms with E-state index in [4.69, 9.17) is 0 Å². The van der Waals surface area contributed by atoms with Gasteiger partial charge in [0.15, 0.2) is 0 Å². The van der Waals surface area contributed by atoms with E-state index in [0.717, 1.165) is 11.3 Å². The third-order valence-corrected chi connectivity index (χ3v) is 4.91. The molecule has 0 aromatic heterocycles. The maximum atomic E-state index is 12.5. The molecular formula is C18H21N2O3-. The van der Waals surface area contributed by atoms with E-state index in [-0.39, 0.29) is 17.7 Å². The summed E-state index contributed by atoms with van der Waals surface area (Å²) in [5.41, 5.74) is 2.43. The van der Waals surface area contributed by atoms with Crippen LogP contribution in [0.2, 0.25) is 0 Å². The molecule has 3 rings (SSSR count). The van der Waals surface area contributed by atoms with Crippen LogP contribution in [0.15, 0.2) is 30.4 Å². The molecule has 0 saturated carbocycles. The third-order valence-electron chi connectivity index (χ3n) is 4.91. The van der Waals surface area contributed by atoms with Gasteiger partial charge in [0.2, 0.25) is 0 Å². The average Bonchev–Trinajstić information content (AvgIpc) is 3.04. The van der Waals surface area contributed by atoms with Gasteiger partial charge in [0.1, 0.15) is 0 Å². The highest BCUT2D eigenvalue weighted by Crippen LogP contribution is 2.44. The fourth-order valence-electron chi connectivity index (χ4n) is 3.65. The number of nitrogens with one attached hydrogen (secondary N) is 1. The molecule has 1 aromatic carbocycles. The number of carboxylic acids is 1. The van der Waals surface area contributed by atoms with Crippen molar-refractivity contribution in [1.29, 1.82) is 0 Å². The van der Waals surface area contributed by atoms with Gasteiger partial charge in [0.25, 0.3) is 5.91 Å². The summed E-state index contributed by atoms with van der Waals surface area (Å²) in [6.07, 6.45) is 4.77. The Hall–Kier alpha value is -2.30. The number of fused-ring (bicyclic) bond motifs is 3. The van der Waals surface area contributed by atoms with Crippen LogP contribution in [-0.2, 0) is 4.79 Å². The molecule has 23 heavy (non-hydrogen) atoms. The summed E-state index contributed by atoms with van der Waals surface area (Å²) < 4.78 is 0. The number of carboxylic acid groups (broad SMARTS) is 1. The van der Waals surface area contributed by atoms with E-state index < -0.39 is 12.0 Å². The molecule has 0 unspecified atom stereocenters.